The monoisotopic (exact) mass is 380 g/mol. The van der Waals surface area contributed by atoms with Crippen LogP contribution >= 0.6 is 0 Å². The molecule has 4 aromatic rings. The number of hydrogen-bond donors (Lipinski definition) is 4. The molecule has 4 aromatic carbocycles. The molecule has 0 saturated heterocycles. The van der Waals surface area contributed by atoms with Gasteiger partial charge < -0.3 is 22.9 Å². The minimum absolute atomic E-state index is 0.312. The minimum atomic E-state index is -0.705. The van der Waals surface area contributed by atoms with Gasteiger partial charge in [0.1, 0.15) is 0 Å². The van der Waals surface area contributed by atoms with Gasteiger partial charge in [0.05, 0.1) is 28.2 Å². The molecular weight excluding hydrogens is 356 g/mol. The fourth-order valence-corrected chi connectivity index (χ4v) is 4.10. The van der Waals surface area contributed by atoms with E-state index in [1.165, 1.54) is 0 Å². The molecule has 4 rings (SSSR count). The van der Waals surface area contributed by atoms with Gasteiger partial charge in [0.2, 0.25) is 0 Å². The van der Waals surface area contributed by atoms with Crippen molar-refractivity contribution < 1.29 is 0 Å². The highest BCUT2D eigenvalue weighted by molar-refractivity contribution is 5.90. The zero-order valence-electron chi connectivity index (χ0n) is 16.0. The van der Waals surface area contributed by atoms with Crippen LogP contribution in [0.4, 0.5) is 22.7 Å². The fraction of sp³-hybridized carbons (Fsp3) is 0.0400. The maximum Gasteiger partial charge on any atom is 0.0806 e. The Hall–Kier alpha value is -3.92. The second-order valence-electron chi connectivity index (χ2n) is 7.10. The first-order chi connectivity index (χ1) is 14.1. The Kier molecular flexibility index (Phi) is 4.61. The van der Waals surface area contributed by atoms with Crippen LogP contribution in [0.15, 0.2) is 97.1 Å². The molecule has 0 fully saturated rings. The molecule has 0 aliphatic carbocycles. The molecule has 0 radical (unpaired) electrons. The molecule has 0 bridgehead atoms. The highest BCUT2D eigenvalue weighted by atomic mass is 14.8. The lowest BCUT2D eigenvalue weighted by atomic mass is 9.64. The molecule has 0 aromatic heterocycles. The van der Waals surface area contributed by atoms with E-state index in [4.69, 9.17) is 22.9 Å². The predicted molar refractivity (Wildman–Crippen MR) is 122 cm³/mol. The van der Waals surface area contributed by atoms with Crippen LogP contribution < -0.4 is 22.9 Å². The van der Waals surface area contributed by atoms with E-state index >= 15 is 0 Å². The SMILES string of the molecule is Nc1cc(C(c2ccccc2)(c2ccccc2)c2ccccc2)c(N)c(N)c1N. The summed E-state index contributed by atoms with van der Waals surface area (Å²) in [5, 5.41) is 0. The van der Waals surface area contributed by atoms with Gasteiger partial charge in [0.15, 0.2) is 0 Å². The van der Waals surface area contributed by atoms with Crippen LogP contribution in [0.2, 0.25) is 0 Å². The number of anilines is 4. The molecule has 0 amide bonds. The number of benzene rings is 4. The van der Waals surface area contributed by atoms with E-state index in [1.54, 1.807) is 0 Å². The van der Waals surface area contributed by atoms with Gasteiger partial charge >= 0.3 is 0 Å². The lowest BCUT2D eigenvalue weighted by molar-refractivity contribution is 0.748. The van der Waals surface area contributed by atoms with Crippen molar-refractivity contribution in [2.45, 2.75) is 5.41 Å². The average Bonchev–Trinajstić information content (AvgIpc) is 2.78. The lowest BCUT2D eigenvalue weighted by Crippen LogP contribution is -2.32. The first-order valence-electron chi connectivity index (χ1n) is 9.46. The highest BCUT2D eigenvalue weighted by Gasteiger charge is 2.40. The molecule has 0 saturated carbocycles. The van der Waals surface area contributed by atoms with Gasteiger partial charge in [0.25, 0.3) is 0 Å². The van der Waals surface area contributed by atoms with Crippen molar-refractivity contribution in [1.29, 1.82) is 0 Å². The maximum atomic E-state index is 6.59. The summed E-state index contributed by atoms with van der Waals surface area (Å²) in [5.41, 5.74) is 30.0. The summed E-state index contributed by atoms with van der Waals surface area (Å²) in [6.07, 6.45) is 0. The van der Waals surface area contributed by atoms with E-state index in [0.717, 1.165) is 22.3 Å². The summed E-state index contributed by atoms with van der Waals surface area (Å²) in [4.78, 5) is 0. The van der Waals surface area contributed by atoms with E-state index in [2.05, 4.69) is 36.4 Å². The molecule has 4 heteroatoms. The van der Waals surface area contributed by atoms with Crippen LogP contribution in [-0.2, 0) is 5.41 Å². The number of nitrogen functional groups attached to an aromatic ring is 4. The molecule has 0 unspecified atom stereocenters. The third-order valence-corrected chi connectivity index (χ3v) is 5.51. The number of nitrogens with two attached hydrogens (primary N) is 4. The second-order valence-corrected chi connectivity index (χ2v) is 7.10. The quantitative estimate of drug-likeness (QED) is 0.311. The summed E-state index contributed by atoms with van der Waals surface area (Å²) >= 11 is 0. The predicted octanol–water partition coefficient (Wildman–Crippen LogP) is 4.40. The smallest absolute Gasteiger partial charge is 0.0806 e. The Balaban J connectivity index is 2.22. The van der Waals surface area contributed by atoms with Gasteiger partial charge in [-0.2, -0.15) is 0 Å². The second kappa shape index (κ2) is 7.24. The third kappa shape index (κ3) is 2.86. The molecular formula is C25H24N4. The number of rotatable bonds is 4. The summed E-state index contributed by atoms with van der Waals surface area (Å²) in [6, 6.07) is 32.6. The van der Waals surface area contributed by atoms with Crippen molar-refractivity contribution in [3.05, 3.63) is 119 Å². The van der Waals surface area contributed by atoms with Gasteiger partial charge in [0, 0.05) is 0 Å². The summed E-state index contributed by atoms with van der Waals surface area (Å²) in [7, 11) is 0. The summed E-state index contributed by atoms with van der Waals surface area (Å²) in [6.45, 7) is 0. The molecule has 0 heterocycles. The van der Waals surface area contributed by atoms with E-state index in [9.17, 15) is 0 Å². The lowest BCUT2D eigenvalue weighted by Gasteiger charge is -2.38. The molecule has 0 aliphatic rings. The molecule has 0 aliphatic heterocycles. The van der Waals surface area contributed by atoms with Gasteiger partial charge in [-0.25, -0.2) is 0 Å². The van der Waals surface area contributed by atoms with Crippen LogP contribution in [-0.4, -0.2) is 0 Å². The Morgan fingerprint density at radius 2 is 0.828 bits per heavy atom. The van der Waals surface area contributed by atoms with Crippen LogP contribution in [0.1, 0.15) is 22.3 Å². The standard InChI is InChI=1S/C25H24N4/c26-21-16-20(22(27)24(29)23(21)28)25(17-10-4-1-5-11-17,18-12-6-2-7-13-18)19-14-8-3-9-15-19/h1-16H,26-29H2. The summed E-state index contributed by atoms with van der Waals surface area (Å²) < 4.78 is 0. The van der Waals surface area contributed by atoms with E-state index in [0.29, 0.717) is 22.7 Å². The highest BCUT2D eigenvalue weighted by Crippen LogP contribution is 2.49. The van der Waals surface area contributed by atoms with Gasteiger partial charge in [-0.05, 0) is 28.3 Å². The molecule has 4 nitrogen and oxygen atoms in total. The third-order valence-electron chi connectivity index (χ3n) is 5.51. The van der Waals surface area contributed by atoms with Crippen molar-refractivity contribution in [3.8, 4) is 0 Å². The normalized spacial score (nSPS) is 11.3. The largest absolute Gasteiger partial charge is 0.397 e. The fourth-order valence-electron chi connectivity index (χ4n) is 4.10. The average molecular weight is 380 g/mol. The van der Waals surface area contributed by atoms with Gasteiger partial charge in [-0.15, -0.1) is 0 Å². The van der Waals surface area contributed by atoms with Crippen LogP contribution in [0.5, 0.6) is 0 Å². The van der Waals surface area contributed by atoms with E-state index < -0.39 is 5.41 Å². The van der Waals surface area contributed by atoms with Crippen molar-refractivity contribution >= 4 is 22.7 Å². The topological polar surface area (TPSA) is 104 Å². The van der Waals surface area contributed by atoms with Crippen LogP contribution in [0, 0.1) is 0 Å². The number of hydrogen-bond acceptors (Lipinski definition) is 4. The zero-order valence-corrected chi connectivity index (χ0v) is 16.0. The molecule has 8 N–H and O–H groups in total. The zero-order chi connectivity index (χ0) is 20.4. The van der Waals surface area contributed by atoms with Crippen LogP contribution in [0.3, 0.4) is 0 Å². The Morgan fingerprint density at radius 1 is 0.448 bits per heavy atom. The van der Waals surface area contributed by atoms with Gasteiger partial charge in [-0.1, -0.05) is 91.0 Å². The van der Waals surface area contributed by atoms with Crippen molar-refractivity contribution in [2.75, 3.05) is 22.9 Å². The van der Waals surface area contributed by atoms with E-state index in [-0.39, 0.29) is 0 Å². The molecule has 0 spiro atoms. The van der Waals surface area contributed by atoms with Crippen molar-refractivity contribution in [2.24, 2.45) is 0 Å². The molecule has 29 heavy (non-hydrogen) atoms. The molecule has 0 atom stereocenters. The Labute approximate surface area is 170 Å². The molecule has 144 valence electrons. The van der Waals surface area contributed by atoms with E-state index in [1.807, 2.05) is 60.7 Å². The first kappa shape index (κ1) is 18.4. The first-order valence-corrected chi connectivity index (χ1v) is 9.46. The van der Waals surface area contributed by atoms with Crippen LogP contribution in [0.25, 0.3) is 0 Å². The van der Waals surface area contributed by atoms with Crippen molar-refractivity contribution in [1.82, 2.24) is 0 Å². The Bertz CT molecular complexity index is 1030. The van der Waals surface area contributed by atoms with Crippen molar-refractivity contribution in [3.63, 3.8) is 0 Å². The summed E-state index contributed by atoms with van der Waals surface area (Å²) in [5.74, 6) is 0. The Morgan fingerprint density at radius 3 is 1.21 bits per heavy atom. The minimum Gasteiger partial charge on any atom is -0.397 e. The van der Waals surface area contributed by atoms with Gasteiger partial charge in [-0.3, -0.25) is 0 Å². The maximum absolute atomic E-state index is 6.59.